The fraction of sp³-hybridized carbons (Fsp3) is 0.556. The molecule has 1 rings (SSSR count). The number of imidazole rings is 1. The molecule has 14 heavy (non-hydrogen) atoms. The first kappa shape index (κ1) is 10.7. The van der Waals surface area contributed by atoms with Crippen LogP contribution in [0.1, 0.15) is 19.5 Å². The molecule has 5 heteroatoms. The Hall–Kier alpha value is -1.36. The number of carbonyl (C=O) groups is 1. The standard InChI is InChI=1S/C9H16N4O/c1-7(2)12-4-8-3-11-6-13(8)5-9(10)14/h3,6-7,12H,4-5H2,1-2H3,(H2,10,14). The molecule has 0 saturated heterocycles. The maximum atomic E-state index is 10.7. The Bertz CT molecular complexity index is 306. The molecule has 0 aromatic carbocycles. The van der Waals surface area contributed by atoms with Gasteiger partial charge in [0.2, 0.25) is 5.91 Å². The number of nitrogens with zero attached hydrogens (tertiary/aromatic N) is 2. The number of amides is 1. The highest BCUT2D eigenvalue weighted by Gasteiger charge is 2.04. The Morgan fingerprint density at radius 2 is 2.43 bits per heavy atom. The number of aromatic nitrogens is 2. The maximum Gasteiger partial charge on any atom is 0.237 e. The Balaban J connectivity index is 2.58. The minimum Gasteiger partial charge on any atom is -0.368 e. The summed E-state index contributed by atoms with van der Waals surface area (Å²) in [5, 5.41) is 3.25. The van der Waals surface area contributed by atoms with Crippen LogP contribution in [-0.2, 0) is 17.9 Å². The van der Waals surface area contributed by atoms with Crippen LogP contribution in [0.3, 0.4) is 0 Å². The average molecular weight is 196 g/mol. The number of nitrogens with two attached hydrogens (primary N) is 1. The molecule has 0 aliphatic carbocycles. The summed E-state index contributed by atoms with van der Waals surface area (Å²) >= 11 is 0. The van der Waals surface area contributed by atoms with E-state index >= 15 is 0 Å². The lowest BCUT2D eigenvalue weighted by Gasteiger charge is -2.09. The maximum absolute atomic E-state index is 10.7. The van der Waals surface area contributed by atoms with Crippen molar-refractivity contribution in [3.05, 3.63) is 18.2 Å². The summed E-state index contributed by atoms with van der Waals surface area (Å²) in [4.78, 5) is 14.7. The molecule has 0 atom stereocenters. The van der Waals surface area contributed by atoms with Crippen LogP contribution in [0.15, 0.2) is 12.5 Å². The molecular weight excluding hydrogens is 180 g/mol. The predicted molar refractivity (Wildman–Crippen MR) is 53.4 cm³/mol. The Kier molecular flexibility index (Phi) is 3.64. The summed E-state index contributed by atoms with van der Waals surface area (Å²) < 4.78 is 1.75. The van der Waals surface area contributed by atoms with Gasteiger partial charge in [-0.2, -0.15) is 0 Å². The number of nitrogens with one attached hydrogen (secondary N) is 1. The lowest BCUT2D eigenvalue weighted by atomic mass is 10.3. The van der Waals surface area contributed by atoms with Crippen LogP contribution in [0.5, 0.6) is 0 Å². The number of hydrogen-bond acceptors (Lipinski definition) is 3. The topological polar surface area (TPSA) is 72.9 Å². The summed E-state index contributed by atoms with van der Waals surface area (Å²) in [6.45, 7) is 5.02. The summed E-state index contributed by atoms with van der Waals surface area (Å²) in [5.41, 5.74) is 6.07. The van der Waals surface area contributed by atoms with Gasteiger partial charge in [0.15, 0.2) is 0 Å². The second kappa shape index (κ2) is 4.76. The van der Waals surface area contributed by atoms with E-state index in [1.807, 2.05) is 0 Å². The van der Waals surface area contributed by atoms with Crippen molar-refractivity contribution < 1.29 is 4.79 Å². The van der Waals surface area contributed by atoms with E-state index in [0.29, 0.717) is 12.6 Å². The van der Waals surface area contributed by atoms with E-state index in [9.17, 15) is 4.79 Å². The zero-order chi connectivity index (χ0) is 10.6. The van der Waals surface area contributed by atoms with Crippen molar-refractivity contribution in [2.45, 2.75) is 33.0 Å². The van der Waals surface area contributed by atoms with Crippen molar-refractivity contribution in [1.29, 1.82) is 0 Å². The first-order valence-electron chi connectivity index (χ1n) is 4.60. The highest BCUT2D eigenvalue weighted by Crippen LogP contribution is 1.98. The molecule has 78 valence electrons. The third-order valence-corrected chi connectivity index (χ3v) is 1.82. The highest BCUT2D eigenvalue weighted by atomic mass is 16.1. The smallest absolute Gasteiger partial charge is 0.237 e. The van der Waals surface area contributed by atoms with Crippen molar-refractivity contribution in [2.75, 3.05) is 0 Å². The second-order valence-corrected chi connectivity index (χ2v) is 3.51. The molecule has 0 spiro atoms. The van der Waals surface area contributed by atoms with Gasteiger partial charge in [0, 0.05) is 18.8 Å². The predicted octanol–water partition coefficient (Wildman–Crippen LogP) is -0.134. The van der Waals surface area contributed by atoms with Gasteiger partial charge < -0.3 is 15.6 Å². The molecule has 0 fully saturated rings. The van der Waals surface area contributed by atoms with E-state index in [-0.39, 0.29) is 12.5 Å². The molecule has 0 bridgehead atoms. The molecule has 0 unspecified atom stereocenters. The van der Waals surface area contributed by atoms with E-state index < -0.39 is 0 Å². The normalized spacial score (nSPS) is 10.8. The molecule has 0 aliphatic heterocycles. The van der Waals surface area contributed by atoms with Gasteiger partial charge >= 0.3 is 0 Å². The van der Waals surface area contributed by atoms with Crippen LogP contribution in [0, 0.1) is 0 Å². The van der Waals surface area contributed by atoms with Crippen LogP contribution >= 0.6 is 0 Å². The number of rotatable bonds is 5. The first-order chi connectivity index (χ1) is 6.59. The summed E-state index contributed by atoms with van der Waals surface area (Å²) in [5.74, 6) is -0.353. The Morgan fingerprint density at radius 1 is 1.71 bits per heavy atom. The largest absolute Gasteiger partial charge is 0.368 e. The Morgan fingerprint density at radius 3 is 3.00 bits per heavy atom. The molecular formula is C9H16N4O. The van der Waals surface area contributed by atoms with Crippen molar-refractivity contribution in [2.24, 2.45) is 5.73 Å². The number of carbonyl (C=O) groups excluding carboxylic acids is 1. The number of primary amides is 1. The molecule has 1 amide bonds. The van der Waals surface area contributed by atoms with Crippen molar-refractivity contribution in [1.82, 2.24) is 14.9 Å². The third kappa shape index (κ3) is 3.18. The lowest BCUT2D eigenvalue weighted by molar-refractivity contribution is -0.118. The van der Waals surface area contributed by atoms with Gasteiger partial charge in [-0.1, -0.05) is 13.8 Å². The first-order valence-corrected chi connectivity index (χ1v) is 4.60. The fourth-order valence-corrected chi connectivity index (χ4v) is 1.11. The van der Waals surface area contributed by atoms with Crippen LogP contribution in [0.25, 0.3) is 0 Å². The molecule has 0 aliphatic rings. The Labute approximate surface area is 83.3 Å². The minimum atomic E-state index is -0.353. The molecule has 0 saturated carbocycles. The average Bonchev–Trinajstić information content (AvgIpc) is 2.47. The van der Waals surface area contributed by atoms with E-state index in [4.69, 9.17) is 5.73 Å². The highest BCUT2D eigenvalue weighted by molar-refractivity contribution is 5.73. The van der Waals surface area contributed by atoms with E-state index in [2.05, 4.69) is 24.1 Å². The minimum absolute atomic E-state index is 0.190. The SMILES string of the molecule is CC(C)NCc1cncn1CC(N)=O. The monoisotopic (exact) mass is 196 g/mol. The van der Waals surface area contributed by atoms with Crippen LogP contribution in [0.4, 0.5) is 0 Å². The van der Waals surface area contributed by atoms with Gasteiger partial charge in [-0.15, -0.1) is 0 Å². The van der Waals surface area contributed by atoms with Crippen molar-refractivity contribution in [3.8, 4) is 0 Å². The van der Waals surface area contributed by atoms with Gasteiger partial charge in [-0.05, 0) is 0 Å². The summed E-state index contributed by atoms with van der Waals surface area (Å²) in [7, 11) is 0. The van der Waals surface area contributed by atoms with E-state index in [1.54, 1.807) is 17.1 Å². The molecule has 5 nitrogen and oxygen atoms in total. The van der Waals surface area contributed by atoms with Gasteiger partial charge in [0.05, 0.1) is 12.0 Å². The molecule has 3 N–H and O–H groups in total. The lowest BCUT2D eigenvalue weighted by Crippen LogP contribution is -2.25. The fourth-order valence-electron chi connectivity index (χ4n) is 1.11. The molecule has 1 aromatic rings. The van der Waals surface area contributed by atoms with Gasteiger partial charge in [-0.3, -0.25) is 4.79 Å². The molecule has 1 heterocycles. The van der Waals surface area contributed by atoms with Crippen LogP contribution in [-0.4, -0.2) is 21.5 Å². The van der Waals surface area contributed by atoms with Gasteiger partial charge in [0.1, 0.15) is 6.54 Å². The van der Waals surface area contributed by atoms with Gasteiger partial charge in [0.25, 0.3) is 0 Å². The van der Waals surface area contributed by atoms with Crippen molar-refractivity contribution in [3.63, 3.8) is 0 Å². The summed E-state index contributed by atoms with van der Waals surface area (Å²) in [6.07, 6.45) is 3.35. The number of hydrogen-bond donors (Lipinski definition) is 2. The van der Waals surface area contributed by atoms with E-state index in [0.717, 1.165) is 5.69 Å². The van der Waals surface area contributed by atoms with E-state index in [1.165, 1.54) is 0 Å². The zero-order valence-electron chi connectivity index (χ0n) is 8.53. The van der Waals surface area contributed by atoms with Gasteiger partial charge in [-0.25, -0.2) is 4.98 Å². The molecule has 0 radical (unpaired) electrons. The van der Waals surface area contributed by atoms with Crippen LogP contribution in [0.2, 0.25) is 0 Å². The summed E-state index contributed by atoms with van der Waals surface area (Å²) in [6, 6.07) is 0.409. The quantitative estimate of drug-likeness (QED) is 0.688. The third-order valence-electron chi connectivity index (χ3n) is 1.82. The van der Waals surface area contributed by atoms with Crippen LogP contribution < -0.4 is 11.1 Å². The molecule has 1 aromatic heterocycles. The zero-order valence-corrected chi connectivity index (χ0v) is 8.53. The second-order valence-electron chi connectivity index (χ2n) is 3.51. The van der Waals surface area contributed by atoms with Crippen molar-refractivity contribution >= 4 is 5.91 Å².